The van der Waals surface area contributed by atoms with E-state index in [1.54, 1.807) is 0 Å². The third-order valence-electron chi connectivity index (χ3n) is 3.40. The van der Waals surface area contributed by atoms with Crippen LogP contribution in [0.15, 0.2) is 12.2 Å². The molecule has 2 rings (SSSR count). The minimum absolute atomic E-state index is 0.155. The molecule has 2 aliphatic rings. The molecule has 1 nitrogen and oxygen atoms in total. The minimum Gasteiger partial charge on any atom is -0.299 e. The van der Waals surface area contributed by atoms with Crippen LogP contribution in [0.1, 0.15) is 40.0 Å². The Labute approximate surface area is 86.6 Å². The van der Waals surface area contributed by atoms with Gasteiger partial charge in [0, 0.05) is 12.3 Å². The first-order chi connectivity index (χ1) is 6.46. The van der Waals surface area contributed by atoms with E-state index in [4.69, 9.17) is 0 Å². The van der Waals surface area contributed by atoms with E-state index in [1.807, 2.05) is 0 Å². The van der Waals surface area contributed by atoms with Crippen LogP contribution in [-0.2, 0) is 4.79 Å². The first-order valence-electron chi connectivity index (χ1n) is 5.67. The van der Waals surface area contributed by atoms with Gasteiger partial charge in [-0.2, -0.15) is 0 Å². The van der Waals surface area contributed by atoms with Crippen LogP contribution in [0.25, 0.3) is 0 Å². The minimum atomic E-state index is 0.155. The Morgan fingerprint density at radius 3 is 2.43 bits per heavy atom. The molecule has 2 aliphatic carbocycles. The lowest BCUT2D eigenvalue weighted by molar-refractivity contribution is -0.125. The maximum absolute atomic E-state index is 12.0. The third-order valence-corrected chi connectivity index (χ3v) is 3.40. The summed E-state index contributed by atoms with van der Waals surface area (Å²) in [5, 5.41) is 0. The number of allylic oxidation sites excluding steroid dienone is 2. The van der Waals surface area contributed by atoms with Gasteiger partial charge in [0.2, 0.25) is 0 Å². The number of ketones is 1. The molecule has 3 atom stereocenters. The van der Waals surface area contributed by atoms with Crippen molar-refractivity contribution in [3.8, 4) is 0 Å². The van der Waals surface area contributed by atoms with Gasteiger partial charge in [0.25, 0.3) is 0 Å². The van der Waals surface area contributed by atoms with E-state index in [-0.39, 0.29) is 5.41 Å². The van der Waals surface area contributed by atoms with Crippen molar-refractivity contribution in [3.05, 3.63) is 12.2 Å². The van der Waals surface area contributed by atoms with E-state index < -0.39 is 0 Å². The smallest absolute Gasteiger partial charge is 0.137 e. The molecule has 0 N–H and O–H groups in total. The molecule has 78 valence electrons. The Bertz CT molecular complexity index is 269. The second kappa shape index (κ2) is 3.22. The fraction of sp³-hybridized carbons (Fsp3) is 0.769. The summed E-state index contributed by atoms with van der Waals surface area (Å²) in [5.41, 5.74) is 0.155. The Kier molecular flexibility index (Phi) is 2.29. The molecule has 0 radical (unpaired) electrons. The van der Waals surface area contributed by atoms with E-state index >= 15 is 0 Å². The topological polar surface area (TPSA) is 17.1 Å². The highest BCUT2D eigenvalue weighted by Gasteiger charge is 2.40. The SMILES string of the molecule is CC(C)(C)CC(=O)C1CC2C=CC1C2. The lowest BCUT2D eigenvalue weighted by Crippen LogP contribution is -2.23. The highest BCUT2D eigenvalue weighted by molar-refractivity contribution is 5.82. The van der Waals surface area contributed by atoms with Gasteiger partial charge < -0.3 is 0 Å². The Balaban J connectivity index is 1.97. The van der Waals surface area contributed by atoms with Crippen molar-refractivity contribution in [2.75, 3.05) is 0 Å². The molecule has 0 aromatic carbocycles. The molecule has 0 aromatic heterocycles. The number of fused-ring (bicyclic) bond motifs is 2. The molecule has 1 fully saturated rings. The van der Waals surface area contributed by atoms with Crippen LogP contribution in [0.5, 0.6) is 0 Å². The molecule has 3 unspecified atom stereocenters. The number of carbonyl (C=O) groups is 1. The maximum atomic E-state index is 12.0. The van der Waals surface area contributed by atoms with Gasteiger partial charge in [-0.05, 0) is 30.1 Å². The Hall–Kier alpha value is -0.590. The van der Waals surface area contributed by atoms with Crippen molar-refractivity contribution in [2.24, 2.45) is 23.2 Å². The van der Waals surface area contributed by atoms with Crippen molar-refractivity contribution in [1.29, 1.82) is 0 Å². The number of hydrogen-bond donors (Lipinski definition) is 0. The van der Waals surface area contributed by atoms with Crippen molar-refractivity contribution < 1.29 is 4.79 Å². The maximum Gasteiger partial charge on any atom is 0.137 e. The van der Waals surface area contributed by atoms with Crippen LogP contribution in [-0.4, -0.2) is 5.78 Å². The molecule has 0 heterocycles. The summed E-state index contributed by atoms with van der Waals surface area (Å²) in [6.07, 6.45) is 7.66. The Morgan fingerprint density at radius 1 is 1.29 bits per heavy atom. The van der Waals surface area contributed by atoms with Gasteiger partial charge in [0.15, 0.2) is 0 Å². The summed E-state index contributed by atoms with van der Waals surface area (Å²) in [6, 6.07) is 0. The zero-order chi connectivity index (χ0) is 10.3. The quantitative estimate of drug-likeness (QED) is 0.614. The van der Waals surface area contributed by atoms with Crippen LogP contribution >= 0.6 is 0 Å². The number of rotatable bonds is 2. The summed E-state index contributed by atoms with van der Waals surface area (Å²) in [7, 11) is 0. The molecule has 0 amide bonds. The second-order valence-corrected chi connectivity index (χ2v) is 6.09. The zero-order valence-corrected chi connectivity index (χ0v) is 9.42. The average molecular weight is 192 g/mol. The van der Waals surface area contributed by atoms with Crippen LogP contribution in [0.2, 0.25) is 0 Å². The number of carbonyl (C=O) groups excluding carboxylic acids is 1. The standard InChI is InChI=1S/C13H20O/c1-13(2,3)8-12(14)11-7-9-4-5-10(11)6-9/h4-5,9-11H,6-8H2,1-3H3. The lowest BCUT2D eigenvalue weighted by atomic mass is 9.81. The van der Waals surface area contributed by atoms with Gasteiger partial charge in [-0.15, -0.1) is 0 Å². The molecule has 14 heavy (non-hydrogen) atoms. The summed E-state index contributed by atoms with van der Waals surface area (Å²) >= 11 is 0. The zero-order valence-electron chi connectivity index (χ0n) is 9.42. The fourth-order valence-corrected chi connectivity index (χ4v) is 2.80. The van der Waals surface area contributed by atoms with Crippen molar-refractivity contribution in [3.63, 3.8) is 0 Å². The largest absolute Gasteiger partial charge is 0.299 e. The molecular weight excluding hydrogens is 172 g/mol. The van der Waals surface area contributed by atoms with E-state index in [0.29, 0.717) is 23.5 Å². The highest BCUT2D eigenvalue weighted by atomic mass is 16.1. The van der Waals surface area contributed by atoms with Crippen LogP contribution < -0.4 is 0 Å². The lowest BCUT2D eigenvalue weighted by Gasteiger charge is -2.22. The second-order valence-electron chi connectivity index (χ2n) is 6.09. The van der Waals surface area contributed by atoms with Gasteiger partial charge in [0.05, 0.1) is 0 Å². The molecule has 1 saturated carbocycles. The van der Waals surface area contributed by atoms with Gasteiger partial charge in [-0.3, -0.25) is 4.79 Å². The molecule has 0 spiro atoms. The summed E-state index contributed by atoms with van der Waals surface area (Å²) in [5.74, 6) is 2.14. The fourth-order valence-electron chi connectivity index (χ4n) is 2.80. The van der Waals surface area contributed by atoms with Crippen molar-refractivity contribution in [1.82, 2.24) is 0 Å². The first-order valence-corrected chi connectivity index (χ1v) is 5.67. The molecule has 0 aliphatic heterocycles. The van der Waals surface area contributed by atoms with Gasteiger partial charge >= 0.3 is 0 Å². The van der Waals surface area contributed by atoms with Crippen LogP contribution in [0.3, 0.4) is 0 Å². The van der Waals surface area contributed by atoms with E-state index in [0.717, 1.165) is 12.8 Å². The number of hydrogen-bond acceptors (Lipinski definition) is 1. The third kappa shape index (κ3) is 1.92. The predicted octanol–water partition coefficient (Wildman–Crippen LogP) is 3.20. The summed E-state index contributed by atoms with van der Waals surface area (Å²) < 4.78 is 0. The van der Waals surface area contributed by atoms with Gasteiger partial charge in [-0.1, -0.05) is 32.9 Å². The molecule has 1 heteroatoms. The molecule has 2 bridgehead atoms. The molecule has 0 aromatic rings. The summed E-state index contributed by atoms with van der Waals surface area (Å²) in [4.78, 5) is 12.0. The monoisotopic (exact) mass is 192 g/mol. The van der Waals surface area contributed by atoms with E-state index in [1.165, 1.54) is 6.42 Å². The number of Topliss-reactive ketones (excluding diaryl/α,β-unsaturated/α-hetero) is 1. The Morgan fingerprint density at radius 2 is 2.00 bits per heavy atom. The summed E-state index contributed by atoms with van der Waals surface area (Å²) in [6.45, 7) is 6.44. The molecule has 0 saturated heterocycles. The first kappa shape index (κ1) is 9.95. The van der Waals surface area contributed by atoms with Gasteiger partial charge in [0.1, 0.15) is 5.78 Å². The highest BCUT2D eigenvalue weighted by Crippen LogP contribution is 2.44. The predicted molar refractivity (Wildman–Crippen MR) is 57.9 cm³/mol. The van der Waals surface area contributed by atoms with Gasteiger partial charge in [-0.25, -0.2) is 0 Å². The average Bonchev–Trinajstić information content (AvgIpc) is 2.59. The normalized spacial score (nSPS) is 35.2. The van der Waals surface area contributed by atoms with Crippen molar-refractivity contribution >= 4 is 5.78 Å². The van der Waals surface area contributed by atoms with E-state index in [9.17, 15) is 4.79 Å². The molecular formula is C13H20O. The van der Waals surface area contributed by atoms with E-state index in [2.05, 4.69) is 32.9 Å². The van der Waals surface area contributed by atoms with Crippen molar-refractivity contribution in [2.45, 2.75) is 40.0 Å². The van der Waals surface area contributed by atoms with Crippen LogP contribution in [0.4, 0.5) is 0 Å². The van der Waals surface area contributed by atoms with Crippen LogP contribution in [0, 0.1) is 23.2 Å².